The second-order valence-corrected chi connectivity index (χ2v) is 8.66. The van der Waals surface area contributed by atoms with Crippen LogP contribution in [0.5, 0.6) is 5.75 Å². The van der Waals surface area contributed by atoms with Crippen molar-refractivity contribution in [3.05, 3.63) is 59.9 Å². The molecule has 1 fully saturated rings. The van der Waals surface area contributed by atoms with Gasteiger partial charge in [0.1, 0.15) is 11.6 Å². The zero-order chi connectivity index (χ0) is 20.1. The molecule has 1 amide bonds. The first-order chi connectivity index (χ1) is 13.4. The third-order valence-electron chi connectivity index (χ3n) is 4.79. The summed E-state index contributed by atoms with van der Waals surface area (Å²) in [6.45, 7) is 0.686. The van der Waals surface area contributed by atoms with E-state index in [1.807, 2.05) is 0 Å². The highest BCUT2D eigenvalue weighted by Gasteiger charge is 2.29. The molecule has 0 radical (unpaired) electrons. The molecule has 8 heteroatoms. The van der Waals surface area contributed by atoms with Crippen molar-refractivity contribution in [3.63, 3.8) is 0 Å². The van der Waals surface area contributed by atoms with Crippen LogP contribution in [-0.2, 0) is 21.2 Å². The van der Waals surface area contributed by atoms with Crippen LogP contribution in [0.25, 0.3) is 0 Å². The molecule has 6 nitrogen and oxygen atoms in total. The maximum absolute atomic E-state index is 12.9. The highest BCUT2D eigenvalue weighted by atomic mass is 32.2. The number of rotatable bonds is 6. The molecular weight excluding hydrogens is 383 g/mol. The molecule has 0 aliphatic carbocycles. The van der Waals surface area contributed by atoms with Crippen molar-refractivity contribution in [2.45, 2.75) is 30.2 Å². The molecule has 28 heavy (non-hydrogen) atoms. The van der Waals surface area contributed by atoms with Gasteiger partial charge in [0, 0.05) is 19.1 Å². The van der Waals surface area contributed by atoms with Gasteiger partial charge in [-0.05, 0) is 54.8 Å². The van der Waals surface area contributed by atoms with Crippen LogP contribution in [-0.4, -0.2) is 44.9 Å². The summed E-state index contributed by atoms with van der Waals surface area (Å²) >= 11 is 0. The number of nitrogens with zero attached hydrogens (tertiary/aromatic N) is 1. The number of nitrogens with one attached hydrogen (secondary N) is 1. The molecule has 0 saturated carbocycles. The third-order valence-corrected chi connectivity index (χ3v) is 6.71. The Labute approximate surface area is 164 Å². The van der Waals surface area contributed by atoms with Gasteiger partial charge in [-0.15, -0.1) is 0 Å². The number of sulfonamides is 1. The maximum Gasteiger partial charge on any atom is 0.243 e. The van der Waals surface area contributed by atoms with E-state index in [0.29, 0.717) is 31.7 Å². The summed E-state index contributed by atoms with van der Waals surface area (Å²) in [5.41, 5.74) is 0.735. The van der Waals surface area contributed by atoms with Gasteiger partial charge in [-0.25, -0.2) is 12.8 Å². The summed E-state index contributed by atoms with van der Waals surface area (Å²) in [6.07, 6.45) is 1.26. The summed E-state index contributed by atoms with van der Waals surface area (Å²) in [7, 11) is -2.04. The van der Waals surface area contributed by atoms with Crippen LogP contribution in [0.15, 0.2) is 53.4 Å². The molecule has 1 aliphatic rings. The fourth-order valence-electron chi connectivity index (χ4n) is 3.20. The van der Waals surface area contributed by atoms with Crippen molar-refractivity contribution in [2.75, 3.05) is 20.2 Å². The molecular formula is C20H23FN2O4S. The molecule has 2 aromatic carbocycles. The number of benzene rings is 2. The van der Waals surface area contributed by atoms with Gasteiger partial charge in [0.25, 0.3) is 0 Å². The second-order valence-electron chi connectivity index (χ2n) is 6.72. The quantitative estimate of drug-likeness (QED) is 0.799. The van der Waals surface area contributed by atoms with Crippen molar-refractivity contribution in [1.29, 1.82) is 0 Å². The van der Waals surface area contributed by atoms with Gasteiger partial charge in [-0.1, -0.05) is 12.1 Å². The van der Waals surface area contributed by atoms with Crippen LogP contribution in [0.2, 0.25) is 0 Å². The van der Waals surface area contributed by atoms with Crippen molar-refractivity contribution < 1.29 is 22.3 Å². The molecule has 0 atom stereocenters. The fraction of sp³-hybridized carbons (Fsp3) is 0.350. The summed E-state index contributed by atoms with van der Waals surface area (Å²) in [4.78, 5) is 12.4. The minimum absolute atomic E-state index is 0.0738. The number of carbonyl (C=O) groups is 1. The lowest BCUT2D eigenvalue weighted by Crippen LogP contribution is -2.46. The lowest BCUT2D eigenvalue weighted by atomic mass is 10.1. The Balaban J connectivity index is 1.53. The Kier molecular flexibility index (Phi) is 6.31. The molecule has 1 heterocycles. The molecule has 0 aromatic heterocycles. The predicted octanol–water partition coefficient (Wildman–Crippen LogP) is 2.35. The van der Waals surface area contributed by atoms with Crippen LogP contribution in [0.3, 0.4) is 0 Å². The van der Waals surface area contributed by atoms with Gasteiger partial charge in [0.15, 0.2) is 0 Å². The number of hydrogen-bond donors (Lipinski definition) is 1. The van der Waals surface area contributed by atoms with E-state index in [0.717, 1.165) is 5.56 Å². The Bertz CT molecular complexity index is 906. The predicted molar refractivity (Wildman–Crippen MR) is 103 cm³/mol. The standard InChI is InChI=1S/C20H23FN2O4S/c1-27-18-6-8-19(9-7-18)28(25,26)23-12-10-17(11-13-23)22-20(24)14-15-2-4-16(21)5-3-15/h2-9,17H,10-14H2,1H3,(H,22,24). The first-order valence-corrected chi connectivity index (χ1v) is 10.5. The molecule has 0 bridgehead atoms. The highest BCUT2D eigenvalue weighted by Crippen LogP contribution is 2.23. The second kappa shape index (κ2) is 8.70. The smallest absolute Gasteiger partial charge is 0.243 e. The van der Waals surface area contributed by atoms with E-state index < -0.39 is 10.0 Å². The van der Waals surface area contributed by atoms with Gasteiger partial charge in [0.05, 0.1) is 18.4 Å². The van der Waals surface area contributed by atoms with Gasteiger partial charge < -0.3 is 10.1 Å². The van der Waals surface area contributed by atoms with Crippen molar-refractivity contribution in [1.82, 2.24) is 9.62 Å². The Hall–Kier alpha value is -2.45. The zero-order valence-electron chi connectivity index (χ0n) is 15.6. The molecule has 1 N–H and O–H groups in total. The third kappa shape index (κ3) is 4.88. The van der Waals surface area contributed by atoms with Crippen LogP contribution in [0.4, 0.5) is 4.39 Å². The summed E-state index contributed by atoms with van der Waals surface area (Å²) < 4.78 is 44.9. The largest absolute Gasteiger partial charge is 0.497 e. The van der Waals surface area contributed by atoms with Crippen LogP contribution in [0, 0.1) is 5.82 Å². The minimum Gasteiger partial charge on any atom is -0.497 e. The van der Waals surface area contributed by atoms with Crippen LogP contribution < -0.4 is 10.1 Å². The summed E-state index contributed by atoms with van der Waals surface area (Å²) in [5, 5.41) is 2.94. The minimum atomic E-state index is -3.56. The lowest BCUT2D eigenvalue weighted by molar-refractivity contribution is -0.121. The lowest BCUT2D eigenvalue weighted by Gasteiger charge is -2.31. The monoisotopic (exact) mass is 406 g/mol. The topological polar surface area (TPSA) is 75.7 Å². The van der Waals surface area contributed by atoms with Crippen molar-refractivity contribution in [3.8, 4) is 5.75 Å². The molecule has 150 valence electrons. The molecule has 0 spiro atoms. The van der Waals surface area contributed by atoms with E-state index in [-0.39, 0.29) is 29.1 Å². The average Bonchev–Trinajstić information content (AvgIpc) is 2.70. The van der Waals surface area contributed by atoms with Gasteiger partial charge in [-0.3, -0.25) is 4.79 Å². The fourth-order valence-corrected chi connectivity index (χ4v) is 4.67. The van der Waals surface area contributed by atoms with E-state index in [1.165, 1.54) is 35.7 Å². The number of carbonyl (C=O) groups excluding carboxylic acids is 1. The van der Waals surface area contributed by atoms with E-state index in [1.54, 1.807) is 24.3 Å². The van der Waals surface area contributed by atoms with Gasteiger partial charge >= 0.3 is 0 Å². The normalized spacial score (nSPS) is 15.9. The van der Waals surface area contributed by atoms with Crippen molar-refractivity contribution in [2.24, 2.45) is 0 Å². The first-order valence-electron chi connectivity index (χ1n) is 9.06. The first kappa shape index (κ1) is 20.3. The molecule has 0 unspecified atom stereocenters. The SMILES string of the molecule is COc1ccc(S(=O)(=O)N2CCC(NC(=O)Cc3ccc(F)cc3)CC2)cc1. The Morgan fingerprint density at radius 1 is 1.11 bits per heavy atom. The van der Waals surface area contributed by atoms with E-state index in [9.17, 15) is 17.6 Å². The van der Waals surface area contributed by atoms with E-state index >= 15 is 0 Å². The Morgan fingerprint density at radius 2 is 1.71 bits per heavy atom. The molecule has 1 aliphatic heterocycles. The van der Waals surface area contributed by atoms with Gasteiger partial charge in [0.2, 0.25) is 15.9 Å². The number of ether oxygens (including phenoxy) is 1. The number of amides is 1. The van der Waals surface area contributed by atoms with E-state index in [4.69, 9.17) is 4.74 Å². The zero-order valence-corrected chi connectivity index (χ0v) is 16.4. The number of piperidine rings is 1. The number of halogens is 1. The van der Waals surface area contributed by atoms with E-state index in [2.05, 4.69) is 5.32 Å². The summed E-state index contributed by atoms with van der Waals surface area (Å²) in [5.74, 6) is 0.110. The summed E-state index contributed by atoms with van der Waals surface area (Å²) in [6, 6.07) is 12.0. The maximum atomic E-state index is 12.9. The van der Waals surface area contributed by atoms with Gasteiger partial charge in [-0.2, -0.15) is 4.31 Å². The number of methoxy groups -OCH3 is 1. The molecule has 1 saturated heterocycles. The molecule has 3 rings (SSSR count). The average molecular weight is 406 g/mol. The van der Waals surface area contributed by atoms with Crippen LogP contribution >= 0.6 is 0 Å². The van der Waals surface area contributed by atoms with Crippen LogP contribution in [0.1, 0.15) is 18.4 Å². The highest BCUT2D eigenvalue weighted by molar-refractivity contribution is 7.89. The van der Waals surface area contributed by atoms with Crippen molar-refractivity contribution >= 4 is 15.9 Å². The Morgan fingerprint density at radius 3 is 2.29 bits per heavy atom. The number of hydrogen-bond acceptors (Lipinski definition) is 4. The molecule has 2 aromatic rings.